The summed E-state index contributed by atoms with van der Waals surface area (Å²) in [4.78, 5) is 8.64. The summed E-state index contributed by atoms with van der Waals surface area (Å²) in [6, 6.07) is 10.6. The van der Waals surface area contributed by atoms with Crippen molar-refractivity contribution >= 4 is 22.5 Å². The SMILES string of the molecule is Cc1ccc(F)c(-c2nc(Cl)c3cc(C)ccc3n2)c1. The summed E-state index contributed by atoms with van der Waals surface area (Å²) < 4.78 is 13.9. The van der Waals surface area contributed by atoms with Gasteiger partial charge in [-0.15, -0.1) is 0 Å². The molecular formula is C16H12ClFN2. The smallest absolute Gasteiger partial charge is 0.164 e. The zero-order chi connectivity index (χ0) is 14.3. The number of rotatable bonds is 1. The Morgan fingerprint density at radius 2 is 1.65 bits per heavy atom. The first kappa shape index (κ1) is 13.0. The number of hydrogen-bond donors (Lipinski definition) is 0. The van der Waals surface area contributed by atoms with E-state index in [-0.39, 0.29) is 5.82 Å². The average molecular weight is 287 g/mol. The van der Waals surface area contributed by atoms with Crippen LogP contribution in [0.3, 0.4) is 0 Å². The second-order valence-electron chi connectivity index (χ2n) is 4.84. The summed E-state index contributed by atoms with van der Waals surface area (Å²) in [5.41, 5.74) is 3.11. The van der Waals surface area contributed by atoms with E-state index in [2.05, 4.69) is 9.97 Å². The largest absolute Gasteiger partial charge is 0.228 e. The maximum Gasteiger partial charge on any atom is 0.164 e. The van der Waals surface area contributed by atoms with Crippen molar-refractivity contribution < 1.29 is 4.39 Å². The van der Waals surface area contributed by atoms with E-state index >= 15 is 0 Å². The Kier molecular flexibility index (Phi) is 3.14. The summed E-state index contributed by atoms with van der Waals surface area (Å²) in [5.74, 6) is -0.0364. The number of aromatic nitrogens is 2. The van der Waals surface area contributed by atoms with Crippen molar-refractivity contribution in [3.63, 3.8) is 0 Å². The van der Waals surface area contributed by atoms with Crippen molar-refractivity contribution in [3.8, 4) is 11.4 Å². The van der Waals surface area contributed by atoms with Gasteiger partial charge in [0.05, 0.1) is 11.1 Å². The Morgan fingerprint density at radius 3 is 2.45 bits per heavy atom. The van der Waals surface area contributed by atoms with Gasteiger partial charge in [0.25, 0.3) is 0 Å². The van der Waals surface area contributed by atoms with Gasteiger partial charge in [0.15, 0.2) is 5.82 Å². The molecule has 0 fully saturated rings. The molecule has 100 valence electrons. The van der Waals surface area contributed by atoms with Crippen molar-refractivity contribution in [2.75, 3.05) is 0 Å². The van der Waals surface area contributed by atoms with E-state index in [4.69, 9.17) is 11.6 Å². The van der Waals surface area contributed by atoms with E-state index in [9.17, 15) is 4.39 Å². The predicted octanol–water partition coefficient (Wildman–Crippen LogP) is 4.71. The van der Waals surface area contributed by atoms with Crippen LogP contribution in [0.4, 0.5) is 4.39 Å². The molecule has 1 heterocycles. The van der Waals surface area contributed by atoms with Crippen LogP contribution >= 0.6 is 11.6 Å². The molecule has 0 bridgehead atoms. The van der Waals surface area contributed by atoms with Crippen LogP contribution in [0.2, 0.25) is 5.15 Å². The minimum absolute atomic E-state index is 0.313. The van der Waals surface area contributed by atoms with Crippen molar-refractivity contribution in [2.24, 2.45) is 0 Å². The highest BCUT2D eigenvalue weighted by Crippen LogP contribution is 2.27. The maximum atomic E-state index is 13.9. The number of halogens is 2. The van der Waals surface area contributed by atoms with Gasteiger partial charge in [-0.25, -0.2) is 14.4 Å². The molecule has 0 atom stereocenters. The predicted molar refractivity (Wildman–Crippen MR) is 79.4 cm³/mol. The standard InChI is InChI=1S/C16H12ClFN2/c1-9-3-5-13(18)11(7-9)16-19-14-6-4-10(2)8-12(14)15(17)20-16/h3-8H,1-2H3. The number of aryl methyl sites for hydroxylation is 2. The second kappa shape index (κ2) is 4.84. The first-order chi connectivity index (χ1) is 9.54. The maximum absolute atomic E-state index is 13.9. The third-order valence-corrected chi connectivity index (χ3v) is 3.46. The van der Waals surface area contributed by atoms with Crippen LogP contribution in [-0.4, -0.2) is 9.97 Å². The van der Waals surface area contributed by atoms with Gasteiger partial charge in [-0.1, -0.05) is 34.9 Å². The lowest BCUT2D eigenvalue weighted by molar-refractivity contribution is 0.629. The monoisotopic (exact) mass is 286 g/mol. The Balaban J connectivity index is 2.27. The molecule has 0 spiro atoms. The lowest BCUT2D eigenvalue weighted by Crippen LogP contribution is -1.95. The molecule has 2 nitrogen and oxygen atoms in total. The number of benzene rings is 2. The molecule has 4 heteroatoms. The highest BCUT2D eigenvalue weighted by molar-refractivity contribution is 6.34. The molecule has 3 rings (SSSR count). The Bertz CT molecular complexity index is 815. The molecule has 0 aliphatic heterocycles. The minimum atomic E-state index is -0.349. The van der Waals surface area contributed by atoms with Crippen LogP contribution in [0.25, 0.3) is 22.3 Å². The van der Waals surface area contributed by atoms with Gasteiger partial charge in [-0.3, -0.25) is 0 Å². The summed E-state index contributed by atoms with van der Waals surface area (Å²) in [6.45, 7) is 3.87. The van der Waals surface area contributed by atoms with Crippen molar-refractivity contribution in [3.05, 3.63) is 58.5 Å². The van der Waals surface area contributed by atoms with E-state index in [1.165, 1.54) is 6.07 Å². The van der Waals surface area contributed by atoms with Crippen molar-refractivity contribution in [1.82, 2.24) is 9.97 Å². The van der Waals surface area contributed by atoms with E-state index in [1.807, 2.05) is 32.0 Å². The highest BCUT2D eigenvalue weighted by Gasteiger charge is 2.12. The summed E-state index contributed by atoms with van der Waals surface area (Å²) >= 11 is 6.20. The lowest BCUT2D eigenvalue weighted by atomic mass is 10.1. The molecule has 0 saturated carbocycles. The molecule has 0 radical (unpaired) electrons. The normalized spacial score (nSPS) is 11.0. The number of nitrogens with zero attached hydrogens (tertiary/aromatic N) is 2. The van der Waals surface area contributed by atoms with Crippen LogP contribution in [0.5, 0.6) is 0 Å². The van der Waals surface area contributed by atoms with Crippen LogP contribution in [0.1, 0.15) is 11.1 Å². The first-order valence-electron chi connectivity index (χ1n) is 6.25. The molecule has 0 N–H and O–H groups in total. The fourth-order valence-corrected chi connectivity index (χ4v) is 2.37. The zero-order valence-corrected chi connectivity index (χ0v) is 11.9. The molecule has 0 aliphatic rings. The van der Waals surface area contributed by atoms with Gasteiger partial charge in [-0.05, 0) is 38.1 Å². The Morgan fingerprint density at radius 1 is 0.950 bits per heavy atom. The molecule has 1 aromatic heterocycles. The lowest BCUT2D eigenvalue weighted by Gasteiger charge is -2.07. The molecule has 0 aliphatic carbocycles. The van der Waals surface area contributed by atoms with Gasteiger partial charge in [0, 0.05) is 5.39 Å². The van der Waals surface area contributed by atoms with Crippen LogP contribution in [0, 0.1) is 19.7 Å². The molecule has 20 heavy (non-hydrogen) atoms. The van der Waals surface area contributed by atoms with E-state index in [1.54, 1.807) is 12.1 Å². The molecule has 3 aromatic rings. The minimum Gasteiger partial charge on any atom is -0.228 e. The van der Waals surface area contributed by atoms with Gasteiger partial charge >= 0.3 is 0 Å². The van der Waals surface area contributed by atoms with Gasteiger partial charge in [-0.2, -0.15) is 0 Å². The fraction of sp³-hybridized carbons (Fsp3) is 0.125. The van der Waals surface area contributed by atoms with Crippen molar-refractivity contribution in [2.45, 2.75) is 13.8 Å². The highest BCUT2D eigenvalue weighted by atomic mass is 35.5. The third kappa shape index (κ3) is 2.25. The topological polar surface area (TPSA) is 25.8 Å². The Hall–Kier alpha value is -2.00. The van der Waals surface area contributed by atoms with Gasteiger partial charge in [0.2, 0.25) is 0 Å². The molecule has 0 saturated heterocycles. The zero-order valence-electron chi connectivity index (χ0n) is 11.1. The van der Waals surface area contributed by atoms with Crippen LogP contribution in [0.15, 0.2) is 36.4 Å². The average Bonchev–Trinajstić information content (AvgIpc) is 2.42. The number of fused-ring (bicyclic) bond motifs is 1. The quantitative estimate of drug-likeness (QED) is 0.606. The van der Waals surface area contributed by atoms with Gasteiger partial charge in [0.1, 0.15) is 11.0 Å². The Labute approximate surface area is 121 Å². The summed E-state index contributed by atoms with van der Waals surface area (Å²) in [7, 11) is 0. The summed E-state index contributed by atoms with van der Waals surface area (Å²) in [6.07, 6.45) is 0. The molecule has 0 unspecified atom stereocenters. The summed E-state index contributed by atoms with van der Waals surface area (Å²) in [5, 5.41) is 1.12. The van der Waals surface area contributed by atoms with Gasteiger partial charge < -0.3 is 0 Å². The molecule has 2 aromatic carbocycles. The van der Waals surface area contributed by atoms with E-state index in [0.717, 1.165) is 16.5 Å². The fourth-order valence-electron chi connectivity index (χ4n) is 2.14. The number of hydrogen-bond acceptors (Lipinski definition) is 2. The first-order valence-corrected chi connectivity index (χ1v) is 6.63. The third-order valence-electron chi connectivity index (χ3n) is 3.17. The molecule has 0 amide bonds. The van der Waals surface area contributed by atoms with E-state index in [0.29, 0.717) is 22.1 Å². The van der Waals surface area contributed by atoms with Crippen LogP contribution in [-0.2, 0) is 0 Å². The van der Waals surface area contributed by atoms with Crippen LogP contribution < -0.4 is 0 Å². The van der Waals surface area contributed by atoms with Crippen molar-refractivity contribution in [1.29, 1.82) is 0 Å². The molecular weight excluding hydrogens is 275 g/mol. The van der Waals surface area contributed by atoms with E-state index < -0.39 is 0 Å². The second-order valence-corrected chi connectivity index (χ2v) is 5.20.